The quantitative estimate of drug-likeness (QED) is 0.696. The van der Waals surface area contributed by atoms with Gasteiger partial charge in [0, 0.05) is 0 Å². The van der Waals surface area contributed by atoms with Crippen molar-refractivity contribution in [3.8, 4) is 0 Å². The first-order chi connectivity index (χ1) is 8.15. The van der Waals surface area contributed by atoms with Crippen molar-refractivity contribution in [1.29, 1.82) is 0 Å². The summed E-state index contributed by atoms with van der Waals surface area (Å²) < 4.78 is 10.3. The minimum Gasteiger partial charge on any atom is -0.480 e. The Kier molecular flexibility index (Phi) is 5.93. The fraction of sp³-hybridized carbons (Fsp3) is 0.818. The van der Waals surface area contributed by atoms with E-state index < -0.39 is 24.0 Å². The lowest BCUT2D eigenvalue weighted by molar-refractivity contribution is -0.152. The van der Waals surface area contributed by atoms with Crippen LogP contribution in [0.25, 0.3) is 0 Å². The molecule has 0 aliphatic carbocycles. The predicted molar refractivity (Wildman–Crippen MR) is 59.7 cm³/mol. The molecule has 0 spiro atoms. The summed E-state index contributed by atoms with van der Waals surface area (Å²) in [5, 5.41) is 11.4. The molecule has 1 amide bonds. The first-order valence-electron chi connectivity index (χ1n) is 5.87. The molecular formula is C11H19NO5. The number of carbonyl (C=O) groups is 2. The molecule has 17 heavy (non-hydrogen) atoms. The van der Waals surface area contributed by atoms with E-state index in [1.54, 1.807) is 0 Å². The molecule has 0 bridgehead atoms. The molecule has 98 valence electrons. The molecule has 6 heteroatoms. The third-order valence-electron chi connectivity index (χ3n) is 2.57. The van der Waals surface area contributed by atoms with Crippen molar-refractivity contribution in [3.05, 3.63) is 0 Å². The second kappa shape index (κ2) is 7.24. The van der Waals surface area contributed by atoms with Gasteiger partial charge in [0.1, 0.15) is 6.04 Å². The van der Waals surface area contributed by atoms with E-state index in [0.29, 0.717) is 19.6 Å². The number of carbonyl (C=O) groups excluding carboxylic acids is 1. The second-order valence-corrected chi connectivity index (χ2v) is 3.98. The van der Waals surface area contributed by atoms with Gasteiger partial charge in [-0.15, -0.1) is 0 Å². The molecule has 0 radical (unpaired) electrons. The topological polar surface area (TPSA) is 84.9 Å². The van der Waals surface area contributed by atoms with E-state index in [2.05, 4.69) is 5.32 Å². The van der Waals surface area contributed by atoms with E-state index >= 15 is 0 Å². The van der Waals surface area contributed by atoms with Crippen LogP contribution in [0.1, 0.15) is 26.2 Å². The zero-order valence-electron chi connectivity index (χ0n) is 9.98. The maximum atomic E-state index is 11.7. The molecule has 1 aliphatic heterocycles. The number of ether oxygens (including phenoxy) is 2. The van der Waals surface area contributed by atoms with Crippen molar-refractivity contribution in [2.45, 2.75) is 38.3 Å². The Labute approximate surface area is 100 Å². The maximum absolute atomic E-state index is 11.7. The summed E-state index contributed by atoms with van der Waals surface area (Å²) in [5.74, 6) is -1.42. The highest BCUT2D eigenvalue weighted by Gasteiger charge is 2.27. The van der Waals surface area contributed by atoms with Crippen LogP contribution in [0, 0.1) is 0 Å². The Balaban J connectivity index is 2.42. The fourth-order valence-corrected chi connectivity index (χ4v) is 1.57. The SMILES string of the molecule is CCCCC(NC(=O)C1COCCO1)C(=O)O. The molecule has 1 aliphatic rings. The molecule has 2 atom stereocenters. The van der Waals surface area contributed by atoms with Crippen LogP contribution in [0.15, 0.2) is 0 Å². The van der Waals surface area contributed by atoms with Gasteiger partial charge in [0.2, 0.25) is 0 Å². The van der Waals surface area contributed by atoms with Gasteiger partial charge < -0.3 is 19.9 Å². The Hall–Kier alpha value is -1.14. The number of carboxylic acid groups (broad SMARTS) is 1. The molecule has 1 fully saturated rings. The summed E-state index contributed by atoms with van der Waals surface area (Å²) in [4.78, 5) is 22.6. The smallest absolute Gasteiger partial charge is 0.326 e. The third-order valence-corrected chi connectivity index (χ3v) is 2.57. The summed E-state index contributed by atoms with van der Waals surface area (Å²) in [7, 11) is 0. The molecule has 0 aromatic rings. The van der Waals surface area contributed by atoms with Gasteiger partial charge in [-0.1, -0.05) is 19.8 Å². The summed E-state index contributed by atoms with van der Waals surface area (Å²) in [5.41, 5.74) is 0. The van der Waals surface area contributed by atoms with Gasteiger partial charge in [0.05, 0.1) is 19.8 Å². The molecule has 1 heterocycles. The number of nitrogens with one attached hydrogen (secondary N) is 1. The molecule has 0 saturated carbocycles. The lowest BCUT2D eigenvalue weighted by Crippen LogP contribution is -2.49. The Morgan fingerprint density at radius 2 is 2.24 bits per heavy atom. The van der Waals surface area contributed by atoms with E-state index in [9.17, 15) is 9.59 Å². The first-order valence-corrected chi connectivity index (χ1v) is 5.87. The number of hydrogen-bond acceptors (Lipinski definition) is 4. The molecule has 1 saturated heterocycles. The van der Waals surface area contributed by atoms with Gasteiger partial charge >= 0.3 is 5.97 Å². The largest absolute Gasteiger partial charge is 0.480 e. The lowest BCUT2D eigenvalue weighted by Gasteiger charge is -2.23. The Morgan fingerprint density at radius 1 is 1.47 bits per heavy atom. The Bertz CT molecular complexity index is 263. The highest BCUT2D eigenvalue weighted by molar-refractivity contribution is 5.86. The average Bonchev–Trinajstić information content (AvgIpc) is 2.35. The van der Waals surface area contributed by atoms with Crippen LogP contribution < -0.4 is 5.32 Å². The average molecular weight is 245 g/mol. The van der Waals surface area contributed by atoms with E-state index in [4.69, 9.17) is 14.6 Å². The molecule has 0 aromatic heterocycles. The third kappa shape index (κ3) is 4.70. The van der Waals surface area contributed by atoms with Crippen molar-refractivity contribution in [2.24, 2.45) is 0 Å². The van der Waals surface area contributed by atoms with E-state index in [1.165, 1.54) is 0 Å². The monoisotopic (exact) mass is 245 g/mol. The number of amides is 1. The second-order valence-electron chi connectivity index (χ2n) is 3.98. The highest BCUT2D eigenvalue weighted by Crippen LogP contribution is 2.04. The normalized spacial score (nSPS) is 21.8. The molecular weight excluding hydrogens is 226 g/mol. The number of hydrogen-bond donors (Lipinski definition) is 2. The Morgan fingerprint density at radius 3 is 2.76 bits per heavy atom. The van der Waals surface area contributed by atoms with Crippen LogP contribution in [0.3, 0.4) is 0 Å². The number of aliphatic carboxylic acids is 1. The van der Waals surface area contributed by atoms with E-state index in [0.717, 1.165) is 12.8 Å². The number of carboxylic acids is 1. The predicted octanol–water partition coefficient (Wildman–Crippen LogP) is 0.161. The molecule has 2 unspecified atom stereocenters. The van der Waals surface area contributed by atoms with Crippen LogP contribution in [0.5, 0.6) is 0 Å². The fourth-order valence-electron chi connectivity index (χ4n) is 1.57. The van der Waals surface area contributed by atoms with Crippen molar-refractivity contribution in [1.82, 2.24) is 5.32 Å². The molecule has 0 aromatic carbocycles. The van der Waals surface area contributed by atoms with Crippen molar-refractivity contribution >= 4 is 11.9 Å². The highest BCUT2D eigenvalue weighted by atomic mass is 16.6. The van der Waals surface area contributed by atoms with Crippen LogP contribution in [0.2, 0.25) is 0 Å². The first kappa shape index (κ1) is 13.9. The lowest BCUT2D eigenvalue weighted by atomic mass is 10.1. The van der Waals surface area contributed by atoms with Crippen molar-refractivity contribution in [3.63, 3.8) is 0 Å². The van der Waals surface area contributed by atoms with Gasteiger partial charge in [-0.3, -0.25) is 4.79 Å². The van der Waals surface area contributed by atoms with Crippen molar-refractivity contribution < 1.29 is 24.2 Å². The van der Waals surface area contributed by atoms with Crippen LogP contribution >= 0.6 is 0 Å². The zero-order valence-corrected chi connectivity index (χ0v) is 9.98. The minimum atomic E-state index is -1.01. The van der Waals surface area contributed by atoms with Gasteiger partial charge in [0.25, 0.3) is 5.91 Å². The minimum absolute atomic E-state index is 0.186. The maximum Gasteiger partial charge on any atom is 0.326 e. The van der Waals surface area contributed by atoms with Crippen LogP contribution in [-0.4, -0.2) is 48.9 Å². The van der Waals surface area contributed by atoms with Crippen LogP contribution in [-0.2, 0) is 19.1 Å². The summed E-state index contributed by atoms with van der Waals surface area (Å²) in [6, 6.07) is -0.840. The summed E-state index contributed by atoms with van der Waals surface area (Å²) >= 11 is 0. The number of rotatable bonds is 6. The number of unbranched alkanes of at least 4 members (excludes halogenated alkanes) is 1. The van der Waals surface area contributed by atoms with Gasteiger partial charge in [0.15, 0.2) is 6.10 Å². The van der Waals surface area contributed by atoms with Crippen molar-refractivity contribution in [2.75, 3.05) is 19.8 Å². The summed E-state index contributed by atoms with van der Waals surface area (Å²) in [6.45, 7) is 3.00. The molecule has 2 N–H and O–H groups in total. The van der Waals surface area contributed by atoms with Crippen LogP contribution in [0.4, 0.5) is 0 Å². The van der Waals surface area contributed by atoms with Gasteiger partial charge in [-0.25, -0.2) is 4.79 Å². The zero-order chi connectivity index (χ0) is 12.7. The van der Waals surface area contributed by atoms with E-state index in [-0.39, 0.29) is 6.61 Å². The molecule has 1 rings (SSSR count). The van der Waals surface area contributed by atoms with Gasteiger partial charge in [-0.05, 0) is 6.42 Å². The van der Waals surface area contributed by atoms with E-state index in [1.807, 2.05) is 6.92 Å². The van der Waals surface area contributed by atoms with Gasteiger partial charge in [-0.2, -0.15) is 0 Å². The standard InChI is InChI=1S/C11H19NO5/c1-2-3-4-8(11(14)15)12-10(13)9-7-16-5-6-17-9/h8-9H,2-7H2,1H3,(H,12,13)(H,14,15). The molecule has 6 nitrogen and oxygen atoms in total. The summed E-state index contributed by atoms with van der Waals surface area (Å²) in [6.07, 6.45) is 1.40.